The first kappa shape index (κ1) is 18.1. The van der Waals surface area contributed by atoms with Gasteiger partial charge in [0.15, 0.2) is 11.5 Å². The fourth-order valence-electron chi connectivity index (χ4n) is 2.33. The van der Waals surface area contributed by atoms with Crippen LogP contribution in [0.3, 0.4) is 0 Å². The van der Waals surface area contributed by atoms with Gasteiger partial charge in [0.25, 0.3) is 10.0 Å². The highest BCUT2D eigenvalue weighted by molar-refractivity contribution is 7.94. The fraction of sp³-hybridized carbons (Fsp3) is 0.188. The van der Waals surface area contributed by atoms with Crippen LogP contribution in [0.2, 0.25) is 0 Å². The average molecular weight is 396 g/mol. The first-order valence-electron chi connectivity index (χ1n) is 7.43. The molecule has 0 aliphatic carbocycles. The van der Waals surface area contributed by atoms with E-state index in [2.05, 4.69) is 10.0 Å². The van der Waals surface area contributed by atoms with Crippen LogP contribution in [0.25, 0.3) is 6.08 Å². The second-order valence-electron chi connectivity index (χ2n) is 5.09. The van der Waals surface area contributed by atoms with Crippen molar-refractivity contribution in [1.29, 1.82) is 0 Å². The molecular formula is C16H16N2O6S2. The Labute approximate surface area is 154 Å². The van der Waals surface area contributed by atoms with Crippen molar-refractivity contribution in [1.82, 2.24) is 5.32 Å². The van der Waals surface area contributed by atoms with Gasteiger partial charge in [-0.1, -0.05) is 6.07 Å². The van der Waals surface area contributed by atoms with Gasteiger partial charge >= 0.3 is 0 Å². The van der Waals surface area contributed by atoms with E-state index >= 15 is 0 Å². The lowest BCUT2D eigenvalue weighted by Gasteiger charge is -2.15. The van der Waals surface area contributed by atoms with Crippen molar-refractivity contribution >= 4 is 39.0 Å². The highest BCUT2D eigenvalue weighted by atomic mass is 32.2. The summed E-state index contributed by atoms with van der Waals surface area (Å²) in [5.41, 5.74) is 0.556. The topological polar surface area (TPSA) is 103 Å². The van der Waals surface area contributed by atoms with Crippen molar-refractivity contribution in [3.63, 3.8) is 0 Å². The minimum absolute atomic E-state index is 0.00851. The third-order valence-corrected chi connectivity index (χ3v) is 6.28. The van der Waals surface area contributed by atoms with Gasteiger partial charge in [-0.25, -0.2) is 8.42 Å². The molecule has 1 amide bonds. The molecule has 10 heteroatoms. The lowest BCUT2D eigenvalue weighted by atomic mass is 10.1. The Morgan fingerprint density at radius 2 is 2.19 bits per heavy atom. The van der Waals surface area contributed by atoms with E-state index in [0.29, 0.717) is 17.1 Å². The Balaban J connectivity index is 2.11. The number of methoxy groups -OCH3 is 1. The van der Waals surface area contributed by atoms with Gasteiger partial charge in [-0.2, -0.15) is 0 Å². The number of benzene rings is 1. The summed E-state index contributed by atoms with van der Waals surface area (Å²) in [5, 5.41) is 4.12. The van der Waals surface area contributed by atoms with Crippen LogP contribution < -0.4 is 24.2 Å². The Morgan fingerprint density at radius 1 is 1.38 bits per heavy atom. The summed E-state index contributed by atoms with van der Waals surface area (Å²) in [6.07, 6.45) is 2.72. The highest BCUT2D eigenvalue weighted by Gasteiger charge is 2.27. The summed E-state index contributed by atoms with van der Waals surface area (Å²) in [6, 6.07) is 4.64. The SMILES string of the molecule is CNC(=O)/C=C/c1c(NS(=O)(=O)c2cccs2)cc2c(c1OC)OCO2. The summed E-state index contributed by atoms with van der Waals surface area (Å²) >= 11 is 1.09. The second-order valence-corrected chi connectivity index (χ2v) is 7.95. The number of carbonyl (C=O) groups is 1. The molecule has 1 aliphatic heterocycles. The van der Waals surface area contributed by atoms with E-state index in [1.807, 2.05) is 0 Å². The Morgan fingerprint density at radius 3 is 2.85 bits per heavy atom. The molecule has 1 aliphatic rings. The Bertz CT molecular complexity index is 952. The molecular weight excluding hydrogens is 380 g/mol. The zero-order valence-electron chi connectivity index (χ0n) is 13.9. The molecule has 0 atom stereocenters. The first-order valence-corrected chi connectivity index (χ1v) is 9.79. The summed E-state index contributed by atoms with van der Waals surface area (Å²) in [4.78, 5) is 11.6. The molecule has 1 aromatic heterocycles. The molecule has 0 bridgehead atoms. The van der Waals surface area contributed by atoms with E-state index < -0.39 is 10.0 Å². The van der Waals surface area contributed by atoms with E-state index in [-0.39, 0.29) is 28.3 Å². The summed E-state index contributed by atoms with van der Waals surface area (Å²) in [6.45, 7) is -0.00851. The van der Waals surface area contributed by atoms with E-state index in [9.17, 15) is 13.2 Å². The largest absolute Gasteiger partial charge is 0.492 e. The Hall–Kier alpha value is -2.72. The van der Waals surface area contributed by atoms with E-state index in [1.54, 1.807) is 11.4 Å². The molecule has 0 unspecified atom stereocenters. The number of nitrogens with one attached hydrogen (secondary N) is 2. The van der Waals surface area contributed by atoms with Gasteiger partial charge in [-0.15, -0.1) is 11.3 Å². The van der Waals surface area contributed by atoms with Gasteiger partial charge in [0.1, 0.15) is 4.21 Å². The normalized spacial score (nSPS) is 13.0. The van der Waals surface area contributed by atoms with Crippen molar-refractivity contribution < 1.29 is 27.4 Å². The molecule has 0 fully saturated rings. The number of likely N-dealkylation sites (N-methyl/N-ethyl adjacent to an activating group) is 1. The molecule has 2 heterocycles. The van der Waals surface area contributed by atoms with Crippen LogP contribution >= 0.6 is 11.3 Å². The molecule has 0 radical (unpaired) electrons. The van der Waals surface area contributed by atoms with Crippen molar-refractivity contribution in [2.75, 3.05) is 25.7 Å². The summed E-state index contributed by atoms with van der Waals surface area (Å²) in [7, 11) is -0.884. The highest BCUT2D eigenvalue weighted by Crippen LogP contribution is 2.47. The summed E-state index contributed by atoms with van der Waals surface area (Å²) in [5.74, 6) is 0.617. The van der Waals surface area contributed by atoms with Crippen molar-refractivity contribution in [2.45, 2.75) is 4.21 Å². The van der Waals surface area contributed by atoms with Gasteiger partial charge in [0, 0.05) is 24.8 Å². The molecule has 0 saturated carbocycles. The molecule has 3 rings (SSSR count). The molecule has 138 valence electrons. The third kappa shape index (κ3) is 3.46. The maximum absolute atomic E-state index is 12.6. The molecule has 2 aromatic rings. The Kier molecular flexibility index (Phi) is 5.05. The maximum Gasteiger partial charge on any atom is 0.271 e. The number of carbonyl (C=O) groups excluding carboxylic acids is 1. The van der Waals surface area contributed by atoms with Crippen molar-refractivity contribution in [3.8, 4) is 17.2 Å². The molecule has 8 nitrogen and oxygen atoms in total. The number of anilines is 1. The van der Waals surface area contributed by atoms with Gasteiger partial charge in [-0.3, -0.25) is 9.52 Å². The lowest BCUT2D eigenvalue weighted by molar-refractivity contribution is -0.115. The number of fused-ring (bicyclic) bond motifs is 1. The monoisotopic (exact) mass is 396 g/mol. The quantitative estimate of drug-likeness (QED) is 0.725. The van der Waals surface area contributed by atoms with Crippen LogP contribution in [0.4, 0.5) is 5.69 Å². The number of hydrogen-bond donors (Lipinski definition) is 2. The van der Waals surface area contributed by atoms with Crippen LogP contribution in [-0.4, -0.2) is 35.3 Å². The number of sulfonamides is 1. The van der Waals surface area contributed by atoms with Gasteiger partial charge in [-0.05, 0) is 17.5 Å². The molecule has 2 N–H and O–H groups in total. The van der Waals surface area contributed by atoms with Gasteiger partial charge in [0.05, 0.1) is 12.8 Å². The van der Waals surface area contributed by atoms with Crippen LogP contribution in [0.1, 0.15) is 5.56 Å². The third-order valence-electron chi connectivity index (χ3n) is 3.51. The maximum atomic E-state index is 12.6. The number of hydrogen-bond acceptors (Lipinski definition) is 7. The van der Waals surface area contributed by atoms with Crippen molar-refractivity contribution in [2.24, 2.45) is 0 Å². The van der Waals surface area contributed by atoms with E-state index in [0.717, 1.165) is 11.3 Å². The number of amides is 1. The second kappa shape index (κ2) is 7.26. The standard InChI is InChI=1S/C16H16N2O6S2/c1-17-13(19)6-5-10-11(18-26(20,21)14-4-3-7-25-14)8-12-16(15(10)22-2)24-9-23-12/h3-8,18H,9H2,1-2H3,(H,17,19)/b6-5+. The first-order chi connectivity index (χ1) is 12.5. The predicted molar refractivity (Wildman–Crippen MR) is 97.3 cm³/mol. The van der Waals surface area contributed by atoms with E-state index in [1.165, 1.54) is 38.4 Å². The molecule has 1 aromatic carbocycles. The number of rotatable bonds is 6. The van der Waals surface area contributed by atoms with Crippen molar-refractivity contribution in [3.05, 3.63) is 35.2 Å². The van der Waals surface area contributed by atoms with Crippen LogP contribution in [0.5, 0.6) is 17.2 Å². The van der Waals surface area contributed by atoms with Crippen LogP contribution in [-0.2, 0) is 14.8 Å². The zero-order chi connectivity index (χ0) is 18.7. The lowest BCUT2D eigenvalue weighted by Crippen LogP contribution is -2.14. The van der Waals surface area contributed by atoms with E-state index in [4.69, 9.17) is 14.2 Å². The molecule has 0 spiro atoms. The van der Waals surface area contributed by atoms with Gasteiger partial charge in [0.2, 0.25) is 18.4 Å². The smallest absolute Gasteiger partial charge is 0.271 e. The summed E-state index contributed by atoms with van der Waals surface area (Å²) < 4.78 is 44.0. The molecule has 0 saturated heterocycles. The van der Waals surface area contributed by atoms with Gasteiger partial charge < -0.3 is 19.5 Å². The van der Waals surface area contributed by atoms with Crippen LogP contribution in [0, 0.1) is 0 Å². The van der Waals surface area contributed by atoms with Crippen LogP contribution in [0.15, 0.2) is 33.9 Å². The minimum atomic E-state index is -3.80. The average Bonchev–Trinajstić information content (AvgIpc) is 3.30. The number of ether oxygens (including phenoxy) is 3. The minimum Gasteiger partial charge on any atom is -0.492 e. The predicted octanol–water partition coefficient (Wildman–Crippen LogP) is 2.05. The molecule has 26 heavy (non-hydrogen) atoms. The number of thiophene rings is 1. The fourth-order valence-corrected chi connectivity index (χ4v) is 4.40. The zero-order valence-corrected chi connectivity index (χ0v) is 15.6.